The Morgan fingerprint density at radius 2 is 2.27 bits per heavy atom. The summed E-state index contributed by atoms with van der Waals surface area (Å²) in [5.74, 6) is 0.203. The van der Waals surface area contributed by atoms with Crippen molar-refractivity contribution in [2.24, 2.45) is 5.92 Å². The molecule has 0 aromatic heterocycles. The summed E-state index contributed by atoms with van der Waals surface area (Å²) in [6.45, 7) is 5.11. The molecule has 2 atom stereocenters. The fourth-order valence-corrected chi connectivity index (χ4v) is 2.56. The van der Waals surface area contributed by atoms with Crippen LogP contribution in [-0.4, -0.2) is 6.54 Å². The third kappa shape index (κ3) is 1.77. The van der Waals surface area contributed by atoms with Crippen LogP contribution in [0.2, 0.25) is 5.02 Å². The van der Waals surface area contributed by atoms with Crippen LogP contribution in [-0.2, 0) is 6.42 Å². The molecule has 1 nitrogen and oxygen atoms in total. The lowest BCUT2D eigenvalue weighted by Crippen LogP contribution is -2.23. The van der Waals surface area contributed by atoms with Crippen molar-refractivity contribution in [3.05, 3.63) is 34.1 Å². The Kier molecular flexibility index (Phi) is 2.98. The van der Waals surface area contributed by atoms with Crippen LogP contribution in [0.5, 0.6) is 0 Å². The average molecular weight is 228 g/mol. The second-order valence-corrected chi connectivity index (χ2v) is 4.55. The Morgan fingerprint density at radius 1 is 1.53 bits per heavy atom. The van der Waals surface area contributed by atoms with E-state index in [1.807, 2.05) is 6.07 Å². The summed E-state index contributed by atoms with van der Waals surface area (Å²) in [5.41, 5.74) is 1.87. The van der Waals surface area contributed by atoms with Crippen LogP contribution in [0, 0.1) is 11.7 Å². The zero-order valence-corrected chi connectivity index (χ0v) is 9.74. The third-order valence-corrected chi connectivity index (χ3v) is 3.38. The van der Waals surface area contributed by atoms with Gasteiger partial charge in [-0.15, -0.1) is 0 Å². The van der Waals surface area contributed by atoms with Crippen molar-refractivity contribution < 1.29 is 4.39 Å². The number of benzene rings is 1. The smallest absolute Gasteiger partial charge is 0.145 e. The first kappa shape index (κ1) is 10.9. The first-order chi connectivity index (χ1) is 7.15. The number of rotatable bonds is 2. The molecule has 0 radical (unpaired) electrons. The van der Waals surface area contributed by atoms with E-state index < -0.39 is 0 Å². The van der Waals surface area contributed by atoms with Crippen LogP contribution in [0.15, 0.2) is 12.1 Å². The minimum absolute atomic E-state index is 0.234. The molecule has 0 fully saturated rings. The van der Waals surface area contributed by atoms with Crippen LogP contribution in [0.4, 0.5) is 4.39 Å². The quantitative estimate of drug-likeness (QED) is 0.818. The zero-order chi connectivity index (χ0) is 11.0. The monoisotopic (exact) mass is 227 g/mol. The molecule has 1 aromatic carbocycles. The molecular formula is C12H15ClFN. The normalized spacial score (nSPS) is 24.3. The van der Waals surface area contributed by atoms with Crippen molar-refractivity contribution in [1.82, 2.24) is 5.32 Å². The Labute approximate surface area is 94.6 Å². The second-order valence-electron chi connectivity index (χ2n) is 4.15. The molecule has 0 aliphatic heterocycles. The van der Waals surface area contributed by atoms with Gasteiger partial charge in [-0.25, -0.2) is 4.39 Å². The van der Waals surface area contributed by atoms with Gasteiger partial charge in [0.05, 0.1) is 5.02 Å². The number of halogens is 2. The summed E-state index contributed by atoms with van der Waals surface area (Å²) >= 11 is 5.77. The van der Waals surface area contributed by atoms with Crippen LogP contribution in [0.25, 0.3) is 0 Å². The summed E-state index contributed by atoms with van der Waals surface area (Å²) in [4.78, 5) is 0. The van der Waals surface area contributed by atoms with Gasteiger partial charge in [-0.05, 0) is 36.1 Å². The molecule has 1 aromatic rings. The molecular weight excluding hydrogens is 213 g/mol. The molecule has 1 N–H and O–H groups in total. The Bertz CT molecular complexity index is 378. The highest BCUT2D eigenvalue weighted by Crippen LogP contribution is 2.38. The summed E-state index contributed by atoms with van der Waals surface area (Å²) in [6, 6.07) is 3.87. The van der Waals surface area contributed by atoms with E-state index in [1.54, 1.807) is 6.07 Å². The van der Waals surface area contributed by atoms with E-state index in [0.29, 0.717) is 5.92 Å². The average Bonchev–Trinajstić information content (AvgIpc) is 2.52. The maximum atomic E-state index is 13.7. The van der Waals surface area contributed by atoms with Crippen molar-refractivity contribution in [3.63, 3.8) is 0 Å². The first-order valence-corrected chi connectivity index (χ1v) is 5.73. The molecule has 0 saturated heterocycles. The van der Waals surface area contributed by atoms with E-state index in [-0.39, 0.29) is 16.9 Å². The Morgan fingerprint density at radius 3 is 2.93 bits per heavy atom. The van der Waals surface area contributed by atoms with Gasteiger partial charge in [-0.1, -0.05) is 31.5 Å². The van der Waals surface area contributed by atoms with Crippen molar-refractivity contribution in [1.29, 1.82) is 0 Å². The maximum Gasteiger partial charge on any atom is 0.145 e. The van der Waals surface area contributed by atoms with E-state index in [9.17, 15) is 4.39 Å². The lowest BCUT2D eigenvalue weighted by Gasteiger charge is -2.17. The van der Waals surface area contributed by atoms with Crippen LogP contribution < -0.4 is 5.32 Å². The summed E-state index contributed by atoms with van der Waals surface area (Å²) in [5, 5.41) is 3.62. The molecule has 1 aliphatic rings. The number of nitrogens with one attached hydrogen (secondary N) is 1. The lowest BCUT2D eigenvalue weighted by molar-refractivity contribution is 0.425. The van der Waals surface area contributed by atoms with E-state index in [1.165, 1.54) is 0 Å². The van der Waals surface area contributed by atoms with E-state index >= 15 is 0 Å². The largest absolute Gasteiger partial charge is 0.310 e. The van der Waals surface area contributed by atoms with Crippen molar-refractivity contribution in [2.75, 3.05) is 6.54 Å². The number of hydrogen-bond acceptors (Lipinski definition) is 1. The minimum atomic E-state index is -0.235. The van der Waals surface area contributed by atoms with Crippen molar-refractivity contribution in [3.8, 4) is 0 Å². The molecule has 2 rings (SSSR count). The molecule has 1 aliphatic carbocycles. The van der Waals surface area contributed by atoms with Gasteiger partial charge in [0.2, 0.25) is 0 Å². The van der Waals surface area contributed by atoms with Crippen LogP contribution in [0.3, 0.4) is 0 Å². The standard InChI is InChI=1S/C12H15ClFN/c1-3-15-12-7(2)6-9-8(12)4-5-10(13)11(9)14/h4-5,7,12,15H,3,6H2,1-2H3. The molecule has 2 unspecified atom stereocenters. The Hall–Kier alpha value is -0.600. The van der Waals surface area contributed by atoms with Gasteiger partial charge in [0, 0.05) is 6.04 Å². The molecule has 0 heterocycles. The van der Waals surface area contributed by atoms with Gasteiger partial charge in [-0.2, -0.15) is 0 Å². The molecule has 0 saturated carbocycles. The van der Waals surface area contributed by atoms with Gasteiger partial charge < -0.3 is 5.32 Å². The second kappa shape index (κ2) is 4.11. The van der Waals surface area contributed by atoms with Crippen LogP contribution >= 0.6 is 11.6 Å². The summed E-state index contributed by atoms with van der Waals surface area (Å²) in [7, 11) is 0. The van der Waals surface area contributed by atoms with E-state index in [0.717, 1.165) is 24.1 Å². The first-order valence-electron chi connectivity index (χ1n) is 5.35. The van der Waals surface area contributed by atoms with Gasteiger partial charge >= 0.3 is 0 Å². The predicted octanol–water partition coefficient (Wildman–Crippen LogP) is 3.32. The minimum Gasteiger partial charge on any atom is -0.310 e. The highest BCUT2D eigenvalue weighted by molar-refractivity contribution is 6.30. The zero-order valence-electron chi connectivity index (χ0n) is 8.98. The third-order valence-electron chi connectivity index (χ3n) is 3.09. The summed E-state index contributed by atoms with van der Waals surface area (Å²) < 4.78 is 13.7. The SMILES string of the molecule is CCNC1c2ccc(Cl)c(F)c2CC1C. The molecule has 82 valence electrons. The molecule has 3 heteroatoms. The van der Waals surface area contributed by atoms with Crippen molar-refractivity contribution in [2.45, 2.75) is 26.3 Å². The maximum absolute atomic E-state index is 13.7. The van der Waals surface area contributed by atoms with Crippen molar-refractivity contribution >= 4 is 11.6 Å². The van der Waals surface area contributed by atoms with Gasteiger partial charge in [0.25, 0.3) is 0 Å². The summed E-state index contributed by atoms with van der Waals surface area (Å²) in [6.07, 6.45) is 0.777. The topological polar surface area (TPSA) is 12.0 Å². The number of fused-ring (bicyclic) bond motifs is 1. The molecule has 0 spiro atoms. The Balaban J connectivity index is 2.42. The van der Waals surface area contributed by atoms with Gasteiger partial charge in [0.1, 0.15) is 5.82 Å². The predicted molar refractivity (Wildman–Crippen MR) is 60.7 cm³/mol. The lowest BCUT2D eigenvalue weighted by atomic mass is 10.0. The fourth-order valence-electron chi connectivity index (χ4n) is 2.38. The van der Waals surface area contributed by atoms with Gasteiger partial charge in [0.15, 0.2) is 0 Å². The van der Waals surface area contributed by atoms with E-state index in [4.69, 9.17) is 11.6 Å². The highest BCUT2D eigenvalue weighted by atomic mass is 35.5. The highest BCUT2D eigenvalue weighted by Gasteiger charge is 2.31. The molecule has 0 bridgehead atoms. The van der Waals surface area contributed by atoms with E-state index in [2.05, 4.69) is 19.2 Å². The van der Waals surface area contributed by atoms with Gasteiger partial charge in [-0.3, -0.25) is 0 Å². The van der Waals surface area contributed by atoms with Crippen LogP contribution in [0.1, 0.15) is 31.0 Å². The molecule has 0 amide bonds. The fraction of sp³-hybridized carbons (Fsp3) is 0.500. The number of hydrogen-bond donors (Lipinski definition) is 1. The molecule has 15 heavy (non-hydrogen) atoms.